The lowest BCUT2D eigenvalue weighted by Gasteiger charge is -2.41. The minimum Gasteiger partial charge on any atom is -0.390 e. The van der Waals surface area contributed by atoms with Crippen molar-refractivity contribution in [3.05, 3.63) is 95.1 Å². The Hall–Kier alpha value is -5.56. The topological polar surface area (TPSA) is 204 Å². The third-order valence-corrected chi connectivity index (χ3v) is 14.3. The van der Waals surface area contributed by atoms with Crippen LogP contribution in [0.25, 0.3) is 0 Å². The highest BCUT2D eigenvalue weighted by atomic mass is 19.1. The van der Waals surface area contributed by atoms with Crippen LogP contribution in [0.15, 0.2) is 60.9 Å². The second kappa shape index (κ2) is 21.0. The number of aliphatic hydroxyl groups is 4. The average Bonchev–Trinajstić information content (AvgIpc) is 3.30. The third-order valence-electron chi connectivity index (χ3n) is 14.3. The van der Waals surface area contributed by atoms with Gasteiger partial charge in [-0.3, -0.25) is 9.59 Å². The summed E-state index contributed by atoms with van der Waals surface area (Å²) < 4.78 is 29.7. The molecule has 2 saturated heterocycles. The van der Waals surface area contributed by atoms with E-state index < -0.39 is 22.4 Å². The summed E-state index contributed by atoms with van der Waals surface area (Å²) >= 11 is 0. The summed E-state index contributed by atoms with van der Waals surface area (Å²) in [5.74, 6) is -0.224. The van der Waals surface area contributed by atoms with Crippen LogP contribution >= 0.6 is 0 Å². The van der Waals surface area contributed by atoms with E-state index in [4.69, 9.17) is 0 Å². The quantitative estimate of drug-likeness (QED) is 0.109. The molecule has 380 valence electrons. The maximum Gasteiger partial charge on any atom is 0.270 e. The van der Waals surface area contributed by atoms with E-state index in [0.29, 0.717) is 111 Å². The van der Waals surface area contributed by atoms with Gasteiger partial charge >= 0.3 is 0 Å². The number of halogens is 2. The maximum absolute atomic E-state index is 14.8. The highest BCUT2D eigenvalue weighted by Gasteiger charge is 2.34. The first-order chi connectivity index (χ1) is 32.9. The van der Waals surface area contributed by atoms with Crippen LogP contribution in [0.2, 0.25) is 0 Å². The van der Waals surface area contributed by atoms with Gasteiger partial charge in [-0.05, 0) is 154 Å². The monoisotopic (exact) mass is 971 g/mol. The number of hydrogen-bond donors (Lipinski definition) is 6. The molecule has 2 aliphatic heterocycles. The number of nitrogens with zero attached hydrogens (tertiary/aromatic N) is 8. The van der Waals surface area contributed by atoms with Gasteiger partial charge < -0.3 is 50.7 Å². The molecule has 0 bridgehead atoms. The highest BCUT2D eigenvalue weighted by molar-refractivity contribution is 5.93. The van der Waals surface area contributed by atoms with Gasteiger partial charge in [-0.1, -0.05) is 12.1 Å². The normalized spacial score (nSPS) is 25.5. The van der Waals surface area contributed by atoms with E-state index in [9.17, 15) is 38.8 Å². The number of benzene rings is 2. The zero-order valence-corrected chi connectivity index (χ0v) is 41.9. The minimum absolute atomic E-state index is 0.00371. The molecule has 2 aromatic heterocycles. The lowest BCUT2D eigenvalue weighted by Crippen LogP contribution is -2.53. The summed E-state index contributed by atoms with van der Waals surface area (Å²) in [6.07, 6.45) is 8.80. The van der Waals surface area contributed by atoms with Crippen LogP contribution in [0.1, 0.15) is 139 Å². The summed E-state index contributed by atoms with van der Waals surface area (Å²) in [6, 6.07) is 13.0. The van der Waals surface area contributed by atoms with Crippen LogP contribution in [0.3, 0.4) is 0 Å². The fourth-order valence-electron chi connectivity index (χ4n) is 9.75. The van der Waals surface area contributed by atoms with Crippen molar-refractivity contribution in [1.29, 1.82) is 0 Å². The van der Waals surface area contributed by atoms with Crippen molar-refractivity contribution in [2.75, 3.05) is 58.9 Å². The van der Waals surface area contributed by atoms with Crippen molar-refractivity contribution in [3.63, 3.8) is 0 Å². The van der Waals surface area contributed by atoms with Gasteiger partial charge in [0.1, 0.15) is 23.0 Å². The molecule has 6 N–H and O–H groups in total. The predicted molar refractivity (Wildman–Crippen MR) is 266 cm³/mol. The molecule has 4 aromatic rings. The fourth-order valence-corrected chi connectivity index (χ4v) is 9.75. The zero-order chi connectivity index (χ0) is 50.8. The molecule has 0 radical (unpaired) electrons. The maximum atomic E-state index is 14.8. The van der Waals surface area contributed by atoms with Crippen molar-refractivity contribution in [2.24, 2.45) is 0 Å². The lowest BCUT2D eigenvalue weighted by molar-refractivity contribution is 0.0138. The average molecular weight is 971 g/mol. The van der Waals surface area contributed by atoms with E-state index in [1.165, 1.54) is 12.1 Å². The van der Waals surface area contributed by atoms with E-state index in [0.717, 1.165) is 25.7 Å². The molecule has 0 spiro atoms. The van der Waals surface area contributed by atoms with Crippen molar-refractivity contribution in [2.45, 2.75) is 153 Å². The van der Waals surface area contributed by atoms with E-state index in [1.54, 1.807) is 76.5 Å². The molecule has 4 aliphatic rings. The first kappa shape index (κ1) is 52.3. The van der Waals surface area contributed by atoms with Crippen LogP contribution in [0, 0.1) is 11.6 Å². The minimum atomic E-state index is -1.10. The molecular formula is C52H72F2N10O6. The number of nitrogens with one attached hydrogen (secondary N) is 2. The van der Waals surface area contributed by atoms with Crippen LogP contribution in [-0.2, 0) is 11.2 Å². The Labute approximate surface area is 410 Å². The molecule has 2 aromatic carbocycles. The first-order valence-electron chi connectivity index (χ1n) is 24.7. The van der Waals surface area contributed by atoms with Gasteiger partial charge in [-0.15, -0.1) is 0 Å². The zero-order valence-electron chi connectivity index (χ0n) is 41.9. The van der Waals surface area contributed by atoms with Gasteiger partial charge in [-0.2, -0.15) is 0 Å². The summed E-state index contributed by atoms with van der Waals surface area (Å²) in [5.41, 5.74) is -0.794. The number of hydrogen-bond acceptors (Lipinski definition) is 14. The summed E-state index contributed by atoms with van der Waals surface area (Å²) in [4.78, 5) is 51.5. The highest BCUT2D eigenvalue weighted by Crippen LogP contribution is 2.32. The second-order valence-corrected chi connectivity index (χ2v) is 21.4. The number of carbonyl (C=O) groups excluding carboxylic acids is 2. The standard InChI is InChI=1S/2C26H36FN5O3/c2*1-17-16-31(22-6-5-18(15-20(22)27)25(2,3)34)13-14-32(17)24-28-12-9-21(30-24)23(33)29-19-7-10-26(4,35)11-8-19/h2*5-6,9,12,15,17,19,34-35H,7-8,10-11,13-14,16H2,1-4H3,(H,29,33)/t2*17-,19?,26?/m11/s1. The Bertz CT molecular complexity index is 2290. The molecule has 2 saturated carbocycles. The van der Waals surface area contributed by atoms with Crippen molar-refractivity contribution >= 4 is 35.1 Å². The number of carbonyl (C=O) groups is 2. The molecule has 0 unspecified atom stereocenters. The van der Waals surface area contributed by atoms with Crippen LogP contribution in [0.5, 0.6) is 0 Å². The molecule has 2 aliphatic carbocycles. The molecule has 4 heterocycles. The number of piperazine rings is 2. The Morgan fingerprint density at radius 1 is 0.614 bits per heavy atom. The Kier molecular flexibility index (Phi) is 15.7. The summed E-state index contributed by atoms with van der Waals surface area (Å²) in [6.45, 7) is 17.7. The molecule has 70 heavy (non-hydrogen) atoms. The van der Waals surface area contributed by atoms with E-state index in [1.807, 2.05) is 47.3 Å². The van der Waals surface area contributed by atoms with Gasteiger partial charge in [0.2, 0.25) is 11.9 Å². The number of amides is 2. The van der Waals surface area contributed by atoms with E-state index in [-0.39, 0.29) is 47.6 Å². The molecule has 4 fully saturated rings. The van der Waals surface area contributed by atoms with Gasteiger partial charge in [-0.25, -0.2) is 28.7 Å². The summed E-state index contributed by atoms with van der Waals surface area (Å²) in [7, 11) is 0. The summed E-state index contributed by atoms with van der Waals surface area (Å²) in [5, 5.41) is 46.6. The number of aromatic nitrogens is 4. The Morgan fingerprint density at radius 3 is 1.29 bits per heavy atom. The number of rotatable bonds is 10. The largest absolute Gasteiger partial charge is 0.390 e. The van der Waals surface area contributed by atoms with Crippen molar-refractivity contribution in [3.8, 4) is 0 Å². The van der Waals surface area contributed by atoms with Crippen molar-refractivity contribution in [1.82, 2.24) is 30.6 Å². The van der Waals surface area contributed by atoms with Crippen LogP contribution in [-0.4, -0.2) is 127 Å². The molecule has 2 atom stereocenters. The molecular weight excluding hydrogens is 899 g/mol. The van der Waals surface area contributed by atoms with Crippen LogP contribution in [0.4, 0.5) is 32.1 Å². The fraction of sp³-hybridized carbons (Fsp3) is 0.577. The third kappa shape index (κ3) is 13.0. The predicted octanol–water partition coefficient (Wildman–Crippen LogP) is 5.96. The second-order valence-electron chi connectivity index (χ2n) is 21.4. The molecule has 16 nitrogen and oxygen atoms in total. The lowest BCUT2D eigenvalue weighted by atomic mass is 9.83. The van der Waals surface area contributed by atoms with Crippen LogP contribution < -0.4 is 30.2 Å². The van der Waals surface area contributed by atoms with Gasteiger partial charge in [0.15, 0.2) is 0 Å². The van der Waals surface area contributed by atoms with E-state index in [2.05, 4.69) is 30.6 Å². The number of anilines is 4. The molecule has 18 heteroatoms. The SMILES string of the molecule is C[C@@H]1CN(c2ccc(C(C)(C)O)cc2F)CCN1c1nccc(C(=O)NC2CCC(C)(O)CC2)n1.C[C@@H]1CN(c2ccc(C(C)(C)O)cc2F)CCN1c1nccc(C(=O)NC2CCC(C)(O)CC2)n1. The van der Waals surface area contributed by atoms with E-state index >= 15 is 0 Å². The molecule has 8 rings (SSSR count). The smallest absolute Gasteiger partial charge is 0.270 e. The Morgan fingerprint density at radius 2 is 0.971 bits per heavy atom. The van der Waals surface area contributed by atoms with Crippen molar-refractivity contribution < 1.29 is 38.8 Å². The first-order valence-corrected chi connectivity index (χ1v) is 24.7. The molecule has 2 amide bonds. The van der Waals surface area contributed by atoms with Gasteiger partial charge in [0.25, 0.3) is 11.8 Å². The van der Waals surface area contributed by atoms with Gasteiger partial charge in [0, 0.05) is 75.8 Å². The Balaban J connectivity index is 0.000000206. The van der Waals surface area contributed by atoms with Gasteiger partial charge in [0.05, 0.1) is 33.8 Å².